The van der Waals surface area contributed by atoms with Crippen LogP contribution in [0.15, 0.2) is 103 Å². The summed E-state index contributed by atoms with van der Waals surface area (Å²) in [5.74, 6) is 0. The van der Waals surface area contributed by atoms with E-state index in [1.165, 1.54) is 38.6 Å². The third-order valence-electron chi connectivity index (χ3n) is 5.00. The van der Waals surface area contributed by atoms with Gasteiger partial charge in [-0.25, -0.2) is 0 Å². The Kier molecular flexibility index (Phi) is 3.84. The summed E-state index contributed by atoms with van der Waals surface area (Å²) in [4.78, 5) is 0. The Morgan fingerprint density at radius 1 is 0.444 bits per heavy atom. The number of fused-ring (bicyclic) bond motifs is 3. The van der Waals surface area contributed by atoms with Gasteiger partial charge in [-0.2, -0.15) is 0 Å². The highest BCUT2D eigenvalue weighted by Gasteiger charge is 2.10. The lowest BCUT2D eigenvalue weighted by Crippen LogP contribution is -1.93. The van der Waals surface area contributed by atoms with Crippen LogP contribution in [0, 0.1) is 0 Å². The van der Waals surface area contributed by atoms with Gasteiger partial charge >= 0.3 is 0 Å². The smallest absolute Gasteiger partial charge is 0.0541 e. The van der Waals surface area contributed by atoms with Gasteiger partial charge in [-0.15, -0.1) is 0 Å². The number of para-hydroxylation sites is 2. The summed E-state index contributed by atoms with van der Waals surface area (Å²) in [6.45, 7) is 0. The Balaban J connectivity index is 1.58. The zero-order chi connectivity index (χ0) is 18.1. The third kappa shape index (κ3) is 2.84. The number of nitrogens with zero attached hydrogens (tertiary/aromatic N) is 1. The van der Waals surface area contributed by atoms with Gasteiger partial charge < -0.3 is 4.57 Å². The Morgan fingerprint density at radius 3 is 1.52 bits per heavy atom. The molecule has 27 heavy (non-hydrogen) atoms. The molecule has 1 aromatic heterocycles. The third-order valence-corrected chi connectivity index (χ3v) is 5.00. The second kappa shape index (κ2) is 6.62. The maximum atomic E-state index is 2.34. The van der Waals surface area contributed by atoms with Gasteiger partial charge in [-0.05, 0) is 35.4 Å². The van der Waals surface area contributed by atoms with Crippen molar-refractivity contribution in [3.8, 4) is 5.69 Å². The maximum absolute atomic E-state index is 2.34. The SMILES string of the molecule is C(=C\c1ccc(-n2c3ccccc3c3ccccc32)cc1)/c1ccccc1. The Labute approximate surface area is 158 Å². The summed E-state index contributed by atoms with van der Waals surface area (Å²) in [5.41, 5.74) is 6.08. The molecular weight excluding hydrogens is 326 g/mol. The molecule has 0 radical (unpaired) electrons. The summed E-state index contributed by atoms with van der Waals surface area (Å²) >= 11 is 0. The Hall–Kier alpha value is -3.58. The van der Waals surface area contributed by atoms with E-state index in [0.717, 1.165) is 0 Å². The van der Waals surface area contributed by atoms with Gasteiger partial charge in [-0.3, -0.25) is 0 Å². The topological polar surface area (TPSA) is 4.93 Å². The summed E-state index contributed by atoms with van der Waals surface area (Å²) in [5, 5.41) is 2.59. The maximum Gasteiger partial charge on any atom is 0.0541 e. The van der Waals surface area contributed by atoms with Gasteiger partial charge in [0, 0.05) is 16.5 Å². The van der Waals surface area contributed by atoms with Crippen molar-refractivity contribution in [1.29, 1.82) is 0 Å². The zero-order valence-electron chi connectivity index (χ0n) is 14.9. The molecule has 0 bridgehead atoms. The van der Waals surface area contributed by atoms with Gasteiger partial charge in [0.25, 0.3) is 0 Å². The number of benzene rings is 4. The van der Waals surface area contributed by atoms with Gasteiger partial charge in [0.1, 0.15) is 0 Å². The fourth-order valence-electron chi connectivity index (χ4n) is 3.69. The summed E-state index contributed by atoms with van der Waals surface area (Å²) in [6.07, 6.45) is 4.31. The number of rotatable bonds is 3. The summed E-state index contributed by atoms with van der Waals surface area (Å²) < 4.78 is 2.34. The fraction of sp³-hybridized carbons (Fsp3) is 0. The quantitative estimate of drug-likeness (QED) is 0.312. The molecule has 0 unspecified atom stereocenters. The van der Waals surface area contributed by atoms with Crippen molar-refractivity contribution in [3.05, 3.63) is 114 Å². The molecule has 0 spiro atoms. The molecule has 0 saturated heterocycles. The molecule has 128 valence electrons. The average molecular weight is 345 g/mol. The van der Waals surface area contributed by atoms with Crippen molar-refractivity contribution in [2.24, 2.45) is 0 Å². The molecule has 5 aromatic rings. The van der Waals surface area contributed by atoms with Crippen molar-refractivity contribution in [2.75, 3.05) is 0 Å². The van der Waals surface area contributed by atoms with Crippen molar-refractivity contribution in [3.63, 3.8) is 0 Å². The second-order valence-electron chi connectivity index (χ2n) is 6.71. The van der Waals surface area contributed by atoms with Crippen LogP contribution < -0.4 is 0 Å². The molecular formula is C26H19N. The van der Waals surface area contributed by atoms with Crippen molar-refractivity contribution >= 4 is 34.0 Å². The van der Waals surface area contributed by atoms with Crippen LogP contribution in [0.5, 0.6) is 0 Å². The molecule has 0 amide bonds. The minimum absolute atomic E-state index is 1.18. The van der Waals surface area contributed by atoms with Gasteiger partial charge in [0.05, 0.1) is 11.0 Å². The van der Waals surface area contributed by atoms with E-state index in [1.54, 1.807) is 0 Å². The molecule has 0 saturated carbocycles. The van der Waals surface area contributed by atoms with E-state index in [4.69, 9.17) is 0 Å². The second-order valence-corrected chi connectivity index (χ2v) is 6.71. The monoisotopic (exact) mass is 345 g/mol. The van der Waals surface area contributed by atoms with E-state index in [0.29, 0.717) is 0 Å². The molecule has 5 rings (SSSR count). The lowest BCUT2D eigenvalue weighted by atomic mass is 10.1. The van der Waals surface area contributed by atoms with E-state index in [-0.39, 0.29) is 0 Å². The van der Waals surface area contributed by atoms with Gasteiger partial charge in [0.15, 0.2) is 0 Å². The van der Waals surface area contributed by atoms with Gasteiger partial charge in [-0.1, -0.05) is 91.0 Å². The summed E-state index contributed by atoms with van der Waals surface area (Å²) in [7, 11) is 0. The van der Waals surface area contributed by atoms with E-state index < -0.39 is 0 Å². The molecule has 0 aliphatic rings. The lowest BCUT2D eigenvalue weighted by molar-refractivity contribution is 1.18. The Bertz CT molecular complexity index is 1190. The Morgan fingerprint density at radius 2 is 0.926 bits per heavy atom. The number of hydrogen-bond acceptors (Lipinski definition) is 0. The molecule has 0 aliphatic carbocycles. The predicted octanol–water partition coefficient (Wildman–Crippen LogP) is 6.95. The fourth-order valence-corrected chi connectivity index (χ4v) is 3.69. The minimum atomic E-state index is 1.18. The molecule has 1 heteroatoms. The molecule has 1 nitrogen and oxygen atoms in total. The summed E-state index contributed by atoms with van der Waals surface area (Å²) in [6, 6.07) is 36.4. The first-order valence-electron chi connectivity index (χ1n) is 9.22. The van der Waals surface area contributed by atoms with Crippen LogP contribution in [0.3, 0.4) is 0 Å². The van der Waals surface area contributed by atoms with Crippen LogP contribution in [-0.2, 0) is 0 Å². The largest absolute Gasteiger partial charge is 0.309 e. The normalized spacial score (nSPS) is 11.6. The first-order valence-corrected chi connectivity index (χ1v) is 9.22. The molecule has 0 atom stereocenters. The van der Waals surface area contributed by atoms with Crippen LogP contribution in [0.2, 0.25) is 0 Å². The van der Waals surface area contributed by atoms with Crippen molar-refractivity contribution in [2.45, 2.75) is 0 Å². The standard InChI is InChI=1S/C26H19N/c1-2-8-20(9-3-1)14-15-21-16-18-22(19-17-21)27-25-12-6-4-10-23(25)24-11-5-7-13-26(24)27/h1-19H/b15-14+. The van der Waals surface area contributed by atoms with Crippen LogP contribution in [0.4, 0.5) is 0 Å². The van der Waals surface area contributed by atoms with Crippen LogP contribution >= 0.6 is 0 Å². The van der Waals surface area contributed by atoms with E-state index in [9.17, 15) is 0 Å². The molecule has 0 aliphatic heterocycles. The van der Waals surface area contributed by atoms with Crippen molar-refractivity contribution < 1.29 is 0 Å². The lowest BCUT2D eigenvalue weighted by Gasteiger charge is -2.08. The molecule has 1 heterocycles. The van der Waals surface area contributed by atoms with E-state index in [1.807, 2.05) is 6.07 Å². The highest BCUT2D eigenvalue weighted by molar-refractivity contribution is 6.09. The zero-order valence-corrected chi connectivity index (χ0v) is 14.9. The van der Waals surface area contributed by atoms with Crippen molar-refractivity contribution in [1.82, 2.24) is 4.57 Å². The highest BCUT2D eigenvalue weighted by Crippen LogP contribution is 2.31. The number of aromatic nitrogens is 1. The first-order chi connectivity index (χ1) is 13.4. The molecule has 4 aromatic carbocycles. The molecule has 0 N–H and O–H groups in total. The van der Waals surface area contributed by atoms with Crippen LogP contribution in [0.1, 0.15) is 11.1 Å². The molecule has 0 fully saturated rings. The average Bonchev–Trinajstić information content (AvgIpc) is 3.08. The first kappa shape index (κ1) is 15.7. The minimum Gasteiger partial charge on any atom is -0.309 e. The van der Waals surface area contributed by atoms with Crippen LogP contribution in [-0.4, -0.2) is 4.57 Å². The van der Waals surface area contributed by atoms with Crippen LogP contribution in [0.25, 0.3) is 39.6 Å². The highest BCUT2D eigenvalue weighted by atomic mass is 15.0. The number of hydrogen-bond donors (Lipinski definition) is 0. The van der Waals surface area contributed by atoms with E-state index >= 15 is 0 Å². The van der Waals surface area contributed by atoms with E-state index in [2.05, 4.69) is 114 Å². The van der Waals surface area contributed by atoms with Gasteiger partial charge in [0.2, 0.25) is 0 Å². The predicted molar refractivity (Wildman–Crippen MR) is 116 cm³/mol.